The van der Waals surface area contributed by atoms with Crippen molar-refractivity contribution < 1.29 is 9.26 Å². The number of hydrogen-bond acceptors (Lipinski definition) is 8. The van der Waals surface area contributed by atoms with Crippen molar-refractivity contribution in [1.29, 1.82) is 0 Å². The van der Waals surface area contributed by atoms with E-state index in [1.807, 2.05) is 12.1 Å². The zero-order valence-corrected chi connectivity index (χ0v) is 19.9. The lowest BCUT2D eigenvalue weighted by Crippen LogP contribution is -2.25. The summed E-state index contributed by atoms with van der Waals surface area (Å²) < 4.78 is 12.4. The van der Waals surface area contributed by atoms with Crippen LogP contribution in [0.2, 0.25) is 5.02 Å². The molecular weight excluding hydrogens is 468 g/mol. The number of hydrogen-bond donors (Lipinski definition) is 0. The Balaban J connectivity index is 1.45. The Kier molecular flexibility index (Phi) is 6.32. The molecule has 1 aliphatic carbocycles. The van der Waals surface area contributed by atoms with E-state index < -0.39 is 0 Å². The van der Waals surface area contributed by atoms with Gasteiger partial charge in [-0.1, -0.05) is 40.7 Å². The highest BCUT2D eigenvalue weighted by molar-refractivity contribution is 7.98. The smallest absolute Gasteiger partial charge is 0.263 e. The number of nitrogens with zero attached hydrogens (tertiary/aromatic N) is 4. The van der Waals surface area contributed by atoms with Crippen LogP contribution in [-0.2, 0) is 29.9 Å². The van der Waals surface area contributed by atoms with Crippen molar-refractivity contribution in [3.8, 4) is 11.4 Å². The molecule has 0 radical (unpaired) electrons. The van der Waals surface area contributed by atoms with Gasteiger partial charge in [0.05, 0.1) is 24.3 Å². The summed E-state index contributed by atoms with van der Waals surface area (Å²) in [5, 5.41) is 6.09. The van der Waals surface area contributed by atoms with Crippen molar-refractivity contribution in [1.82, 2.24) is 19.7 Å². The summed E-state index contributed by atoms with van der Waals surface area (Å²) in [5.41, 5.74) is 2.00. The molecule has 0 N–H and O–H groups in total. The van der Waals surface area contributed by atoms with Crippen LogP contribution in [0.4, 0.5) is 0 Å². The Bertz CT molecular complexity index is 1330. The van der Waals surface area contributed by atoms with Crippen molar-refractivity contribution >= 4 is 44.9 Å². The highest BCUT2D eigenvalue weighted by atomic mass is 35.5. The van der Waals surface area contributed by atoms with Gasteiger partial charge in [-0.2, -0.15) is 4.98 Å². The van der Waals surface area contributed by atoms with Crippen molar-refractivity contribution in [3.05, 3.63) is 56.0 Å². The van der Waals surface area contributed by atoms with Crippen LogP contribution in [0.15, 0.2) is 38.7 Å². The van der Waals surface area contributed by atoms with Crippen LogP contribution in [0.3, 0.4) is 0 Å². The minimum absolute atomic E-state index is 0.0131. The van der Waals surface area contributed by atoms with E-state index in [1.54, 1.807) is 35.1 Å². The molecule has 166 valence electrons. The molecule has 0 saturated heterocycles. The molecule has 0 atom stereocenters. The fourth-order valence-electron chi connectivity index (χ4n) is 3.89. The third-order valence-electron chi connectivity index (χ3n) is 5.43. The number of fused-ring (bicyclic) bond motifs is 3. The first kappa shape index (κ1) is 21.6. The summed E-state index contributed by atoms with van der Waals surface area (Å²) in [6.07, 6.45) is 4.28. The maximum atomic E-state index is 13.4. The van der Waals surface area contributed by atoms with E-state index in [9.17, 15) is 4.79 Å². The zero-order valence-electron chi connectivity index (χ0n) is 17.5. The van der Waals surface area contributed by atoms with Crippen LogP contribution >= 0.6 is 34.7 Å². The number of ether oxygens (including phenoxy) is 1. The molecule has 0 saturated carbocycles. The van der Waals surface area contributed by atoms with Crippen LogP contribution in [0.5, 0.6) is 0 Å². The Morgan fingerprint density at radius 3 is 3.00 bits per heavy atom. The molecule has 0 bridgehead atoms. The van der Waals surface area contributed by atoms with Crippen molar-refractivity contribution in [2.24, 2.45) is 0 Å². The molecule has 1 aliphatic rings. The minimum Gasteiger partial charge on any atom is -0.383 e. The number of thiophene rings is 1. The van der Waals surface area contributed by atoms with Gasteiger partial charge >= 0.3 is 0 Å². The van der Waals surface area contributed by atoms with E-state index in [4.69, 9.17) is 25.8 Å². The first-order valence-corrected chi connectivity index (χ1v) is 12.6. The molecule has 0 aliphatic heterocycles. The molecule has 7 nitrogen and oxygen atoms in total. The number of benzene rings is 1. The van der Waals surface area contributed by atoms with E-state index in [0.29, 0.717) is 40.8 Å². The van der Waals surface area contributed by atoms with E-state index in [2.05, 4.69) is 10.1 Å². The lowest BCUT2D eigenvalue weighted by atomic mass is 9.97. The lowest BCUT2D eigenvalue weighted by molar-refractivity contribution is 0.183. The summed E-state index contributed by atoms with van der Waals surface area (Å²) in [4.78, 5) is 24.9. The Morgan fingerprint density at radius 2 is 2.16 bits per heavy atom. The van der Waals surface area contributed by atoms with Crippen LogP contribution in [0.25, 0.3) is 21.6 Å². The molecular formula is C22H21ClN4O3S2. The van der Waals surface area contributed by atoms with E-state index in [0.717, 1.165) is 35.0 Å². The molecule has 5 rings (SSSR count). The van der Waals surface area contributed by atoms with E-state index in [-0.39, 0.29) is 5.56 Å². The van der Waals surface area contributed by atoms with E-state index >= 15 is 0 Å². The summed E-state index contributed by atoms with van der Waals surface area (Å²) in [6.45, 7) is 0.884. The molecule has 0 spiro atoms. The van der Waals surface area contributed by atoms with Gasteiger partial charge in [0.2, 0.25) is 11.7 Å². The molecule has 4 aromatic rings. The minimum atomic E-state index is 0.0131. The SMILES string of the molecule is COCCn1c(SCc2nc(-c3cccc(Cl)c3)no2)nc2sc3c(c2c1=O)CCCC3. The predicted molar refractivity (Wildman–Crippen MR) is 127 cm³/mol. The summed E-state index contributed by atoms with van der Waals surface area (Å²) in [5.74, 6) is 1.35. The summed E-state index contributed by atoms with van der Waals surface area (Å²) in [7, 11) is 1.63. The Hall–Kier alpha value is -2.20. The fraction of sp³-hybridized carbons (Fsp3) is 0.364. The van der Waals surface area contributed by atoms with Gasteiger partial charge in [0.1, 0.15) is 4.83 Å². The quantitative estimate of drug-likeness (QED) is 0.268. The lowest BCUT2D eigenvalue weighted by Gasteiger charge is -2.12. The third-order valence-corrected chi connectivity index (χ3v) is 7.82. The average molecular weight is 489 g/mol. The Labute approximate surface area is 197 Å². The first-order chi connectivity index (χ1) is 15.6. The molecule has 3 aromatic heterocycles. The van der Waals surface area contributed by atoms with Gasteiger partial charge in [0.15, 0.2) is 5.16 Å². The van der Waals surface area contributed by atoms with Crippen LogP contribution in [0.1, 0.15) is 29.2 Å². The van der Waals surface area contributed by atoms with Gasteiger partial charge in [-0.25, -0.2) is 4.98 Å². The van der Waals surface area contributed by atoms with Crippen molar-refractivity contribution in [2.45, 2.75) is 43.1 Å². The Morgan fingerprint density at radius 1 is 1.28 bits per heavy atom. The fourth-order valence-corrected chi connectivity index (χ4v) is 6.25. The molecule has 3 heterocycles. The highest BCUT2D eigenvalue weighted by Crippen LogP contribution is 2.35. The molecule has 0 amide bonds. The number of thioether (sulfide) groups is 1. The molecule has 1 aromatic carbocycles. The van der Waals surface area contributed by atoms with E-state index in [1.165, 1.54) is 28.6 Å². The van der Waals surface area contributed by atoms with Gasteiger partial charge in [0, 0.05) is 22.6 Å². The maximum absolute atomic E-state index is 13.4. The molecule has 0 fully saturated rings. The van der Waals surface area contributed by atoms with Crippen molar-refractivity contribution in [2.75, 3.05) is 13.7 Å². The number of aryl methyl sites for hydroxylation is 2. The summed E-state index contributed by atoms with van der Waals surface area (Å²) >= 11 is 9.13. The largest absolute Gasteiger partial charge is 0.383 e. The molecule has 0 unspecified atom stereocenters. The van der Waals surface area contributed by atoms with Crippen molar-refractivity contribution in [3.63, 3.8) is 0 Å². The second-order valence-corrected chi connectivity index (χ2v) is 10.0. The first-order valence-electron chi connectivity index (χ1n) is 10.4. The second kappa shape index (κ2) is 9.35. The van der Waals surface area contributed by atoms with Crippen LogP contribution in [-0.4, -0.2) is 33.4 Å². The van der Waals surface area contributed by atoms with Gasteiger partial charge in [-0.15, -0.1) is 11.3 Å². The topological polar surface area (TPSA) is 83.0 Å². The predicted octanol–water partition coefficient (Wildman–Crippen LogP) is 4.98. The van der Waals surface area contributed by atoms with Gasteiger partial charge in [-0.3, -0.25) is 9.36 Å². The van der Waals surface area contributed by atoms with Crippen LogP contribution < -0.4 is 5.56 Å². The maximum Gasteiger partial charge on any atom is 0.263 e. The van der Waals surface area contributed by atoms with Gasteiger partial charge < -0.3 is 9.26 Å². The monoisotopic (exact) mass is 488 g/mol. The van der Waals surface area contributed by atoms with Gasteiger partial charge in [-0.05, 0) is 43.4 Å². The number of methoxy groups -OCH3 is 1. The zero-order chi connectivity index (χ0) is 22.1. The van der Waals surface area contributed by atoms with Gasteiger partial charge in [0.25, 0.3) is 5.56 Å². The standard InChI is InChI=1S/C22H21ClN4O3S2/c1-29-10-9-27-21(28)18-15-7-2-3-8-16(15)32-20(18)25-22(27)31-12-17-24-19(26-30-17)13-5-4-6-14(23)11-13/h4-6,11H,2-3,7-10,12H2,1H3. The third kappa shape index (κ3) is 4.22. The normalized spacial score (nSPS) is 13.6. The number of halogens is 1. The number of rotatable bonds is 7. The second-order valence-electron chi connectivity index (χ2n) is 7.55. The number of aromatic nitrogens is 4. The molecule has 10 heteroatoms. The highest BCUT2D eigenvalue weighted by Gasteiger charge is 2.22. The molecule has 32 heavy (non-hydrogen) atoms. The average Bonchev–Trinajstić information content (AvgIpc) is 3.42. The summed E-state index contributed by atoms with van der Waals surface area (Å²) in [6, 6.07) is 7.31. The van der Waals surface area contributed by atoms with Crippen LogP contribution in [0, 0.1) is 0 Å².